The van der Waals surface area contributed by atoms with E-state index in [1.165, 1.54) is 180 Å². The van der Waals surface area contributed by atoms with Gasteiger partial charge in [0.25, 0.3) is 0 Å². The van der Waals surface area contributed by atoms with Crippen molar-refractivity contribution in [2.24, 2.45) is 0 Å². The molecule has 0 saturated heterocycles. The van der Waals surface area contributed by atoms with Crippen LogP contribution in [0.1, 0.15) is 245 Å². The first-order valence-electron chi connectivity index (χ1n) is 23.1. The first-order chi connectivity index (χ1) is 25.5. The predicted molar refractivity (Wildman–Crippen MR) is 224 cm³/mol. The number of amides is 1. The van der Waals surface area contributed by atoms with Gasteiger partial charge >= 0.3 is 0 Å². The molecule has 0 aliphatic rings. The maximum Gasteiger partial charge on any atom is 0.249 e. The number of nitrogens with one attached hydrogen (secondary N) is 1. The molecule has 310 valence electrons. The van der Waals surface area contributed by atoms with E-state index in [0.717, 1.165) is 38.5 Å². The van der Waals surface area contributed by atoms with Gasteiger partial charge in [-0.3, -0.25) is 4.79 Å². The van der Waals surface area contributed by atoms with Crippen LogP contribution in [0.15, 0.2) is 12.2 Å². The molecule has 0 spiro atoms. The van der Waals surface area contributed by atoms with Gasteiger partial charge in [0.15, 0.2) is 0 Å². The van der Waals surface area contributed by atoms with Crippen LogP contribution in [0.5, 0.6) is 0 Å². The Hall–Kier alpha value is -0.950. The summed E-state index contributed by atoms with van der Waals surface area (Å²) < 4.78 is 0. The van der Waals surface area contributed by atoms with Crippen LogP contribution in [0.25, 0.3) is 0 Å². The Morgan fingerprint density at radius 3 is 1.15 bits per heavy atom. The molecular formula is C46H91NO5. The SMILES string of the molecule is CCCCCCCCCCCC/C=C/CCCC(O)C(O)C(CO)NC(=O)C(O)CCCCCCCCCCCCCCCCCCCCCCC. The largest absolute Gasteiger partial charge is 0.394 e. The maximum atomic E-state index is 12.5. The number of hydrogen-bond donors (Lipinski definition) is 5. The van der Waals surface area contributed by atoms with Crippen LogP contribution in [0, 0.1) is 0 Å². The zero-order valence-corrected chi connectivity index (χ0v) is 34.8. The van der Waals surface area contributed by atoms with Gasteiger partial charge in [-0.05, 0) is 38.5 Å². The molecule has 0 aliphatic heterocycles. The molecule has 0 saturated carbocycles. The lowest BCUT2D eigenvalue weighted by Gasteiger charge is -2.27. The van der Waals surface area contributed by atoms with Gasteiger partial charge in [0.1, 0.15) is 12.2 Å². The van der Waals surface area contributed by atoms with Crippen LogP contribution >= 0.6 is 0 Å². The standard InChI is InChI=1S/C46H91NO5/c1-3-5-7-9-11-13-15-17-19-20-21-22-23-24-26-28-30-32-34-36-38-40-44(50)46(52)47-42(41-48)45(51)43(49)39-37-35-33-31-29-27-25-18-16-14-12-10-8-6-4-2/h31,33,42-45,48-51H,3-30,32,34-41H2,1-2H3,(H,47,52)/b33-31+. The quantitative estimate of drug-likeness (QED) is 0.0316. The molecule has 5 N–H and O–H groups in total. The molecule has 4 unspecified atom stereocenters. The Morgan fingerprint density at radius 1 is 0.462 bits per heavy atom. The summed E-state index contributed by atoms with van der Waals surface area (Å²) in [5.41, 5.74) is 0. The first kappa shape index (κ1) is 51.0. The Balaban J connectivity index is 3.70. The van der Waals surface area contributed by atoms with Crippen LogP contribution in [0.4, 0.5) is 0 Å². The second-order valence-corrected chi connectivity index (χ2v) is 16.1. The van der Waals surface area contributed by atoms with Crippen molar-refractivity contribution in [1.82, 2.24) is 5.32 Å². The highest BCUT2D eigenvalue weighted by Crippen LogP contribution is 2.17. The molecule has 0 radical (unpaired) electrons. The summed E-state index contributed by atoms with van der Waals surface area (Å²) in [6.07, 6.45) is 45.3. The highest BCUT2D eigenvalue weighted by atomic mass is 16.3. The van der Waals surface area contributed by atoms with Crippen LogP contribution in [0.3, 0.4) is 0 Å². The monoisotopic (exact) mass is 738 g/mol. The molecule has 0 rings (SSSR count). The zero-order valence-electron chi connectivity index (χ0n) is 34.8. The normalized spacial score (nSPS) is 14.2. The van der Waals surface area contributed by atoms with E-state index in [4.69, 9.17) is 0 Å². The van der Waals surface area contributed by atoms with Gasteiger partial charge in [0.05, 0.1) is 18.8 Å². The van der Waals surface area contributed by atoms with Crippen LogP contribution in [0.2, 0.25) is 0 Å². The van der Waals surface area contributed by atoms with Crippen molar-refractivity contribution in [3.63, 3.8) is 0 Å². The molecule has 52 heavy (non-hydrogen) atoms. The highest BCUT2D eigenvalue weighted by molar-refractivity contribution is 5.80. The molecule has 6 nitrogen and oxygen atoms in total. The molecule has 0 heterocycles. The van der Waals surface area contributed by atoms with Crippen molar-refractivity contribution in [3.8, 4) is 0 Å². The van der Waals surface area contributed by atoms with E-state index < -0.39 is 36.9 Å². The van der Waals surface area contributed by atoms with Gasteiger partial charge in [-0.1, -0.05) is 219 Å². The van der Waals surface area contributed by atoms with Crippen molar-refractivity contribution in [2.75, 3.05) is 6.61 Å². The minimum Gasteiger partial charge on any atom is -0.394 e. The lowest BCUT2D eigenvalue weighted by atomic mass is 10.00. The van der Waals surface area contributed by atoms with Gasteiger partial charge in [-0.25, -0.2) is 0 Å². The molecule has 1 amide bonds. The molecular weight excluding hydrogens is 647 g/mol. The molecule has 0 bridgehead atoms. The van der Waals surface area contributed by atoms with E-state index >= 15 is 0 Å². The van der Waals surface area contributed by atoms with Crippen molar-refractivity contribution in [2.45, 2.75) is 269 Å². The summed E-state index contributed by atoms with van der Waals surface area (Å²) in [6.45, 7) is 4.05. The third-order valence-electron chi connectivity index (χ3n) is 11.0. The molecule has 0 aromatic heterocycles. The Labute approximate surface area is 323 Å². The van der Waals surface area contributed by atoms with Crippen LogP contribution in [-0.2, 0) is 4.79 Å². The van der Waals surface area contributed by atoms with Crippen molar-refractivity contribution in [3.05, 3.63) is 12.2 Å². The lowest BCUT2D eigenvalue weighted by molar-refractivity contribution is -0.132. The summed E-state index contributed by atoms with van der Waals surface area (Å²) >= 11 is 0. The summed E-state index contributed by atoms with van der Waals surface area (Å²) in [5.74, 6) is -0.589. The van der Waals surface area contributed by atoms with E-state index in [1.807, 2.05) is 0 Å². The third-order valence-corrected chi connectivity index (χ3v) is 11.0. The smallest absolute Gasteiger partial charge is 0.249 e. The predicted octanol–water partition coefficient (Wildman–Crippen LogP) is 12.2. The average molecular weight is 738 g/mol. The molecule has 0 aromatic carbocycles. The molecule has 0 fully saturated rings. The van der Waals surface area contributed by atoms with E-state index in [-0.39, 0.29) is 0 Å². The maximum absolute atomic E-state index is 12.5. The van der Waals surface area contributed by atoms with Gasteiger partial charge in [-0.2, -0.15) is 0 Å². The fourth-order valence-corrected chi connectivity index (χ4v) is 7.29. The van der Waals surface area contributed by atoms with Gasteiger partial charge in [0.2, 0.25) is 5.91 Å². The van der Waals surface area contributed by atoms with E-state index in [0.29, 0.717) is 12.8 Å². The van der Waals surface area contributed by atoms with Crippen molar-refractivity contribution >= 4 is 5.91 Å². The summed E-state index contributed by atoms with van der Waals surface area (Å²) in [4.78, 5) is 12.5. The molecule has 4 atom stereocenters. The molecule has 0 aromatic rings. The summed E-state index contributed by atoms with van der Waals surface area (Å²) in [6, 6.07) is -0.997. The number of carbonyl (C=O) groups excluding carboxylic acids is 1. The Kier molecular flexibility index (Phi) is 40.5. The number of unbranched alkanes of at least 4 members (excludes halogenated alkanes) is 31. The highest BCUT2D eigenvalue weighted by Gasteiger charge is 2.28. The van der Waals surface area contributed by atoms with Gasteiger partial charge in [0, 0.05) is 0 Å². The van der Waals surface area contributed by atoms with Gasteiger partial charge in [-0.15, -0.1) is 0 Å². The van der Waals surface area contributed by atoms with Crippen molar-refractivity contribution < 1.29 is 25.2 Å². The van der Waals surface area contributed by atoms with Crippen molar-refractivity contribution in [1.29, 1.82) is 0 Å². The van der Waals surface area contributed by atoms with Crippen LogP contribution in [-0.4, -0.2) is 57.3 Å². The number of aliphatic hydroxyl groups excluding tert-OH is 4. The van der Waals surface area contributed by atoms with Crippen LogP contribution < -0.4 is 5.32 Å². The summed E-state index contributed by atoms with van der Waals surface area (Å²) in [5, 5.41) is 43.7. The minimum absolute atomic E-state index is 0.368. The van der Waals surface area contributed by atoms with Gasteiger partial charge < -0.3 is 25.7 Å². The first-order valence-corrected chi connectivity index (χ1v) is 23.1. The molecule has 0 aliphatic carbocycles. The number of allylic oxidation sites excluding steroid dienone is 2. The van der Waals surface area contributed by atoms with E-state index in [2.05, 4.69) is 31.3 Å². The second kappa shape index (κ2) is 41.2. The zero-order chi connectivity index (χ0) is 38.2. The number of carbonyl (C=O) groups is 1. The number of aliphatic hydroxyl groups is 4. The number of hydrogen-bond acceptors (Lipinski definition) is 5. The second-order valence-electron chi connectivity index (χ2n) is 16.1. The van der Waals surface area contributed by atoms with E-state index in [9.17, 15) is 25.2 Å². The minimum atomic E-state index is -1.28. The van der Waals surface area contributed by atoms with E-state index in [1.54, 1.807) is 0 Å². The third kappa shape index (κ3) is 34.8. The Morgan fingerprint density at radius 2 is 0.788 bits per heavy atom. The fourth-order valence-electron chi connectivity index (χ4n) is 7.29. The summed E-state index contributed by atoms with van der Waals surface area (Å²) in [7, 11) is 0. The fraction of sp³-hybridized carbons (Fsp3) is 0.935. The topological polar surface area (TPSA) is 110 Å². The average Bonchev–Trinajstić information content (AvgIpc) is 3.15. The number of rotatable bonds is 42. The molecule has 6 heteroatoms. The Bertz CT molecular complexity index is 746. The lowest BCUT2D eigenvalue weighted by Crippen LogP contribution is -2.53.